The maximum absolute atomic E-state index is 13.9. The highest BCUT2D eigenvalue weighted by molar-refractivity contribution is 9.09. The van der Waals surface area contributed by atoms with E-state index in [1.807, 2.05) is 0 Å². The number of ether oxygens (including phenoxy) is 1. The normalized spacial score (nSPS) is 12.5. The summed E-state index contributed by atoms with van der Waals surface area (Å²) in [6.45, 7) is 0. The van der Waals surface area contributed by atoms with E-state index in [2.05, 4.69) is 15.9 Å². The number of alkyl halides is 1. The van der Waals surface area contributed by atoms with Gasteiger partial charge in [-0.2, -0.15) is 0 Å². The first-order chi connectivity index (χ1) is 8.54. The summed E-state index contributed by atoms with van der Waals surface area (Å²) >= 11 is 10.6. The van der Waals surface area contributed by atoms with Crippen molar-refractivity contribution < 1.29 is 13.5 Å². The zero-order valence-electron chi connectivity index (χ0n) is 9.22. The first-order valence-electron chi connectivity index (χ1n) is 4.94. The average molecular weight is 354 g/mol. The van der Waals surface area contributed by atoms with Crippen LogP contribution in [0, 0.1) is 11.6 Å². The molecule has 2 aromatic rings. The fraction of sp³-hybridized carbons (Fsp3) is 0.167. The van der Waals surface area contributed by atoms with E-state index in [9.17, 15) is 8.78 Å². The fourth-order valence-corrected chi connectivity index (χ4v) is 3.83. The monoisotopic (exact) mass is 352 g/mol. The van der Waals surface area contributed by atoms with Crippen LogP contribution in [0.25, 0.3) is 0 Å². The van der Waals surface area contributed by atoms with Crippen molar-refractivity contribution in [3.05, 3.63) is 50.7 Å². The number of methoxy groups -OCH3 is 1. The molecule has 0 saturated heterocycles. The summed E-state index contributed by atoms with van der Waals surface area (Å²) < 4.78 is 32.6. The third-order valence-corrected chi connectivity index (χ3v) is 5.06. The van der Waals surface area contributed by atoms with Crippen LogP contribution in [0.3, 0.4) is 0 Å². The van der Waals surface area contributed by atoms with Crippen LogP contribution in [0.15, 0.2) is 23.6 Å². The second kappa shape index (κ2) is 5.55. The number of hydrogen-bond acceptors (Lipinski definition) is 2. The molecule has 0 fully saturated rings. The van der Waals surface area contributed by atoms with Crippen LogP contribution >= 0.6 is 38.9 Å². The lowest BCUT2D eigenvalue weighted by molar-refractivity contribution is 0.405. The van der Waals surface area contributed by atoms with Gasteiger partial charge in [0.1, 0.15) is 17.4 Å². The Labute approximate surface area is 120 Å². The lowest BCUT2D eigenvalue weighted by atomic mass is 10.1. The number of rotatable bonds is 3. The third kappa shape index (κ3) is 2.53. The van der Waals surface area contributed by atoms with Gasteiger partial charge in [0, 0.05) is 22.6 Å². The molecule has 0 spiro atoms. The summed E-state index contributed by atoms with van der Waals surface area (Å²) in [7, 11) is 1.36. The van der Waals surface area contributed by atoms with E-state index < -0.39 is 16.5 Å². The van der Waals surface area contributed by atoms with Crippen molar-refractivity contribution >= 4 is 38.9 Å². The predicted molar refractivity (Wildman–Crippen MR) is 73.0 cm³/mol. The lowest BCUT2D eigenvalue weighted by Crippen LogP contribution is -2.00. The van der Waals surface area contributed by atoms with Gasteiger partial charge >= 0.3 is 0 Å². The summed E-state index contributed by atoms with van der Waals surface area (Å²) in [6, 6.07) is 3.98. The molecular formula is C12H8BrClF2OS. The minimum Gasteiger partial charge on any atom is -0.497 e. The smallest absolute Gasteiger partial charge is 0.134 e. The Bertz CT molecular complexity index is 550. The molecule has 1 heterocycles. The van der Waals surface area contributed by atoms with Gasteiger partial charge in [0.05, 0.1) is 17.0 Å². The first-order valence-corrected chi connectivity index (χ1v) is 7.11. The van der Waals surface area contributed by atoms with E-state index in [4.69, 9.17) is 16.3 Å². The standard InChI is InChI=1S/C12H8BrClF2OS/c1-17-6-4-8(15)10(9(16)5-6)11(13)12-7(14)2-3-18-12/h2-5,11H,1H3. The number of hydrogen-bond donors (Lipinski definition) is 0. The Kier molecular flexibility index (Phi) is 4.25. The maximum Gasteiger partial charge on any atom is 0.134 e. The summed E-state index contributed by atoms with van der Waals surface area (Å²) in [5.74, 6) is -1.19. The highest BCUT2D eigenvalue weighted by atomic mass is 79.9. The summed E-state index contributed by atoms with van der Waals surface area (Å²) in [5.41, 5.74) is -0.0693. The molecular weight excluding hydrogens is 346 g/mol. The summed E-state index contributed by atoms with van der Waals surface area (Å²) in [4.78, 5) is 0.0514. The molecule has 0 N–H and O–H groups in total. The van der Waals surface area contributed by atoms with Crippen molar-refractivity contribution in [1.82, 2.24) is 0 Å². The van der Waals surface area contributed by atoms with Crippen LogP contribution < -0.4 is 4.74 Å². The van der Waals surface area contributed by atoms with Crippen molar-refractivity contribution in [3.8, 4) is 5.75 Å². The highest BCUT2D eigenvalue weighted by Crippen LogP contribution is 2.41. The molecule has 0 aliphatic heterocycles. The second-order valence-corrected chi connectivity index (χ2v) is 5.77. The quantitative estimate of drug-likeness (QED) is 0.692. The lowest BCUT2D eigenvalue weighted by Gasteiger charge is -2.12. The molecule has 0 bridgehead atoms. The molecule has 0 aliphatic carbocycles. The molecule has 1 nitrogen and oxygen atoms in total. The highest BCUT2D eigenvalue weighted by Gasteiger charge is 2.23. The molecule has 18 heavy (non-hydrogen) atoms. The van der Waals surface area contributed by atoms with Gasteiger partial charge in [-0.1, -0.05) is 27.5 Å². The zero-order chi connectivity index (χ0) is 13.3. The Morgan fingerprint density at radius 2 is 1.94 bits per heavy atom. The van der Waals surface area contributed by atoms with Crippen molar-refractivity contribution in [2.75, 3.05) is 7.11 Å². The zero-order valence-corrected chi connectivity index (χ0v) is 12.4. The summed E-state index contributed by atoms with van der Waals surface area (Å²) in [6.07, 6.45) is 0. The Balaban J connectivity index is 2.48. The topological polar surface area (TPSA) is 9.23 Å². The van der Waals surface area contributed by atoms with E-state index in [0.29, 0.717) is 9.90 Å². The molecule has 0 aliphatic rings. The van der Waals surface area contributed by atoms with Crippen LogP contribution in [-0.4, -0.2) is 7.11 Å². The molecule has 1 unspecified atom stereocenters. The maximum atomic E-state index is 13.9. The van der Waals surface area contributed by atoms with Crippen LogP contribution in [0.5, 0.6) is 5.75 Å². The second-order valence-electron chi connectivity index (χ2n) is 3.50. The minimum absolute atomic E-state index is 0.0693. The number of halogens is 4. The van der Waals surface area contributed by atoms with E-state index in [0.717, 1.165) is 12.1 Å². The first kappa shape index (κ1) is 13.8. The van der Waals surface area contributed by atoms with Crippen molar-refractivity contribution in [2.24, 2.45) is 0 Å². The van der Waals surface area contributed by atoms with Gasteiger partial charge in [0.2, 0.25) is 0 Å². The van der Waals surface area contributed by atoms with Crippen molar-refractivity contribution in [1.29, 1.82) is 0 Å². The molecule has 1 aromatic carbocycles. The molecule has 0 amide bonds. The Morgan fingerprint density at radius 3 is 2.39 bits per heavy atom. The van der Waals surface area contributed by atoms with Crippen LogP contribution in [0.4, 0.5) is 8.78 Å². The van der Waals surface area contributed by atoms with Gasteiger partial charge in [-0.25, -0.2) is 8.78 Å². The van der Waals surface area contributed by atoms with E-state index >= 15 is 0 Å². The fourth-order valence-electron chi connectivity index (χ4n) is 1.54. The SMILES string of the molecule is COc1cc(F)c(C(Br)c2sccc2Cl)c(F)c1. The van der Waals surface area contributed by atoms with Crippen molar-refractivity contribution in [3.63, 3.8) is 0 Å². The average Bonchev–Trinajstić information content (AvgIpc) is 2.74. The van der Waals surface area contributed by atoms with Gasteiger partial charge in [-0.15, -0.1) is 11.3 Å². The molecule has 6 heteroatoms. The van der Waals surface area contributed by atoms with Gasteiger partial charge < -0.3 is 4.74 Å². The van der Waals surface area contributed by atoms with Crippen LogP contribution in [-0.2, 0) is 0 Å². The largest absolute Gasteiger partial charge is 0.497 e. The van der Waals surface area contributed by atoms with Gasteiger partial charge in [-0.3, -0.25) is 0 Å². The third-order valence-electron chi connectivity index (χ3n) is 2.42. The Morgan fingerprint density at radius 1 is 1.33 bits per heavy atom. The van der Waals surface area contributed by atoms with Crippen molar-refractivity contribution in [2.45, 2.75) is 4.83 Å². The van der Waals surface area contributed by atoms with E-state index in [1.165, 1.54) is 18.4 Å². The van der Waals surface area contributed by atoms with Crippen LogP contribution in [0.2, 0.25) is 5.02 Å². The van der Waals surface area contributed by atoms with Gasteiger partial charge in [0.15, 0.2) is 0 Å². The molecule has 0 saturated carbocycles. The van der Waals surface area contributed by atoms with Crippen LogP contribution in [0.1, 0.15) is 15.3 Å². The van der Waals surface area contributed by atoms with E-state index in [-0.39, 0.29) is 11.3 Å². The van der Waals surface area contributed by atoms with Gasteiger partial charge in [-0.05, 0) is 11.4 Å². The molecule has 96 valence electrons. The molecule has 2 rings (SSSR count). The number of benzene rings is 1. The Hall–Kier alpha value is -0.650. The molecule has 1 atom stereocenters. The number of thiophene rings is 1. The summed E-state index contributed by atoms with van der Waals surface area (Å²) in [5, 5.41) is 2.25. The van der Waals surface area contributed by atoms with E-state index in [1.54, 1.807) is 11.4 Å². The van der Waals surface area contributed by atoms with Gasteiger partial charge in [0.25, 0.3) is 0 Å². The minimum atomic E-state index is -0.668. The molecule has 1 aromatic heterocycles. The predicted octanol–water partition coefficient (Wildman–Crippen LogP) is 5.17. The molecule has 0 radical (unpaired) electrons.